The smallest absolute Gasteiger partial charge is 0.212 e. The van der Waals surface area contributed by atoms with E-state index in [9.17, 15) is 0 Å². The van der Waals surface area contributed by atoms with Gasteiger partial charge in [0.2, 0.25) is 5.95 Å². The molecule has 0 fully saturated rings. The highest BCUT2D eigenvalue weighted by Gasteiger charge is 2.24. The maximum atomic E-state index is 6.00. The van der Waals surface area contributed by atoms with Gasteiger partial charge >= 0.3 is 0 Å². The number of aliphatic imine (C=N–C) groups is 1. The van der Waals surface area contributed by atoms with E-state index in [1.54, 1.807) is 11.3 Å². The summed E-state index contributed by atoms with van der Waals surface area (Å²) in [5, 5.41) is 6.11. The number of ether oxygens (including phenoxy) is 1. The monoisotopic (exact) mass is 390 g/mol. The molecule has 3 N–H and O–H groups in total. The first-order valence-electron chi connectivity index (χ1n) is 8.88. The number of nitrogens with zero attached hydrogens (tertiary/aromatic N) is 4. The van der Waals surface area contributed by atoms with Crippen LogP contribution in [0.15, 0.2) is 58.9 Å². The molecule has 4 aromatic rings. The van der Waals surface area contributed by atoms with Crippen LogP contribution in [0.4, 0.5) is 5.95 Å². The normalized spacial score (nSPS) is 15.8. The molecule has 7 nitrogen and oxygen atoms in total. The fraction of sp³-hybridized carbons (Fsp3) is 0.150. The summed E-state index contributed by atoms with van der Waals surface area (Å²) >= 11 is 1.62. The maximum Gasteiger partial charge on any atom is 0.212 e. The van der Waals surface area contributed by atoms with Crippen LogP contribution < -0.4 is 15.8 Å². The van der Waals surface area contributed by atoms with Crippen molar-refractivity contribution in [1.82, 2.24) is 14.5 Å². The van der Waals surface area contributed by atoms with Gasteiger partial charge in [-0.2, -0.15) is 0 Å². The lowest BCUT2D eigenvalue weighted by molar-refractivity contribution is 0.302. The summed E-state index contributed by atoms with van der Waals surface area (Å²) in [6.45, 7) is 2.45. The van der Waals surface area contributed by atoms with Crippen LogP contribution in [0, 0.1) is 6.92 Å². The van der Waals surface area contributed by atoms with Gasteiger partial charge in [-0.1, -0.05) is 24.3 Å². The second-order valence-electron chi connectivity index (χ2n) is 6.52. The summed E-state index contributed by atoms with van der Waals surface area (Å²) in [7, 11) is 0. The Morgan fingerprint density at radius 1 is 1.14 bits per heavy atom. The first kappa shape index (κ1) is 16.8. The van der Waals surface area contributed by atoms with Crippen molar-refractivity contribution in [2.45, 2.75) is 19.7 Å². The molecule has 2 aromatic heterocycles. The Labute approximate surface area is 165 Å². The number of guanidine groups is 1. The number of hydrogen-bond acceptors (Lipinski definition) is 7. The lowest BCUT2D eigenvalue weighted by atomic mass is 10.1. The zero-order valence-corrected chi connectivity index (χ0v) is 16.0. The Hall–Kier alpha value is -3.39. The molecule has 0 saturated heterocycles. The third kappa shape index (κ3) is 2.97. The zero-order valence-electron chi connectivity index (χ0n) is 15.2. The van der Waals surface area contributed by atoms with Crippen LogP contribution >= 0.6 is 11.3 Å². The predicted molar refractivity (Wildman–Crippen MR) is 111 cm³/mol. The first-order valence-corrected chi connectivity index (χ1v) is 9.76. The molecule has 0 saturated carbocycles. The van der Waals surface area contributed by atoms with Crippen LogP contribution in [0.5, 0.6) is 5.75 Å². The molecule has 140 valence electrons. The summed E-state index contributed by atoms with van der Waals surface area (Å²) < 4.78 is 7.90. The Bertz CT molecular complexity index is 1180. The number of fused-ring (bicyclic) bond motifs is 3. The number of nitrogens with two attached hydrogens (primary N) is 1. The quantitative estimate of drug-likeness (QED) is 0.555. The number of benzene rings is 2. The summed E-state index contributed by atoms with van der Waals surface area (Å²) in [6, 6.07) is 15.9. The molecule has 3 heterocycles. The molecule has 2 aromatic carbocycles. The van der Waals surface area contributed by atoms with Crippen molar-refractivity contribution >= 4 is 34.3 Å². The number of anilines is 1. The van der Waals surface area contributed by atoms with Crippen molar-refractivity contribution in [2.75, 3.05) is 5.32 Å². The van der Waals surface area contributed by atoms with Crippen LogP contribution in [0.2, 0.25) is 0 Å². The molecule has 8 heteroatoms. The third-order valence-electron chi connectivity index (χ3n) is 4.57. The molecule has 5 rings (SSSR count). The van der Waals surface area contributed by atoms with Crippen LogP contribution in [0.1, 0.15) is 22.4 Å². The van der Waals surface area contributed by atoms with Crippen LogP contribution in [-0.4, -0.2) is 20.5 Å². The van der Waals surface area contributed by atoms with E-state index in [0.717, 1.165) is 33.0 Å². The van der Waals surface area contributed by atoms with E-state index in [-0.39, 0.29) is 6.17 Å². The Balaban J connectivity index is 1.43. The van der Waals surface area contributed by atoms with E-state index >= 15 is 0 Å². The summed E-state index contributed by atoms with van der Waals surface area (Å²) in [6.07, 6.45) is -0.279. The number of nitrogens with one attached hydrogen (secondary N) is 1. The summed E-state index contributed by atoms with van der Waals surface area (Å²) in [5.74, 6) is 1.83. The zero-order chi connectivity index (χ0) is 19.1. The van der Waals surface area contributed by atoms with Crippen molar-refractivity contribution in [1.29, 1.82) is 0 Å². The highest BCUT2D eigenvalue weighted by molar-refractivity contribution is 7.09. The second-order valence-corrected chi connectivity index (χ2v) is 7.58. The number of thiazole rings is 1. The lowest BCUT2D eigenvalue weighted by Gasteiger charge is -2.24. The number of para-hydroxylation sites is 2. The van der Waals surface area contributed by atoms with Gasteiger partial charge in [0.15, 0.2) is 12.1 Å². The predicted octanol–water partition coefficient (Wildman–Crippen LogP) is 3.67. The van der Waals surface area contributed by atoms with Gasteiger partial charge in [-0.05, 0) is 36.8 Å². The van der Waals surface area contributed by atoms with Crippen molar-refractivity contribution in [3.05, 3.63) is 70.2 Å². The Morgan fingerprint density at radius 2 is 1.96 bits per heavy atom. The van der Waals surface area contributed by atoms with Gasteiger partial charge < -0.3 is 10.5 Å². The molecule has 28 heavy (non-hydrogen) atoms. The topological polar surface area (TPSA) is 90.3 Å². The summed E-state index contributed by atoms with van der Waals surface area (Å²) in [5.41, 5.74) is 9.85. The number of imidazole rings is 1. The van der Waals surface area contributed by atoms with Crippen LogP contribution in [-0.2, 0) is 6.61 Å². The van der Waals surface area contributed by atoms with Crippen molar-refractivity contribution in [2.24, 2.45) is 10.7 Å². The maximum absolute atomic E-state index is 6.00. The molecule has 0 amide bonds. The van der Waals surface area contributed by atoms with Gasteiger partial charge in [0, 0.05) is 5.38 Å². The molecule has 0 radical (unpaired) electrons. The number of aromatic nitrogens is 3. The molecule has 0 aliphatic carbocycles. The van der Waals surface area contributed by atoms with Crippen molar-refractivity contribution < 1.29 is 4.74 Å². The fourth-order valence-corrected chi connectivity index (χ4v) is 3.91. The minimum atomic E-state index is -0.279. The van der Waals surface area contributed by atoms with Gasteiger partial charge in [-0.15, -0.1) is 11.3 Å². The molecule has 1 atom stereocenters. The molecular weight excluding hydrogens is 372 g/mol. The van der Waals surface area contributed by atoms with E-state index in [0.29, 0.717) is 18.5 Å². The standard InChI is InChI=1S/C20H18N6OS/c1-12-22-14(11-28-12)10-27-15-8-6-13(7-9-15)18-24-19(21)25-20-23-16-4-2-3-5-17(16)26(18)20/h2-9,11,18H,10H2,1H3,(H3,21,23,24,25)/t18-/m0/s1. The van der Waals surface area contributed by atoms with Crippen LogP contribution in [0.3, 0.4) is 0 Å². The van der Waals surface area contributed by atoms with E-state index < -0.39 is 0 Å². The number of aryl methyl sites for hydroxylation is 1. The minimum Gasteiger partial charge on any atom is -0.487 e. The first-order chi connectivity index (χ1) is 13.7. The largest absolute Gasteiger partial charge is 0.487 e. The van der Waals surface area contributed by atoms with E-state index in [4.69, 9.17) is 10.5 Å². The number of rotatable bonds is 4. The molecule has 0 spiro atoms. The summed E-state index contributed by atoms with van der Waals surface area (Å²) in [4.78, 5) is 13.6. The van der Waals surface area contributed by atoms with Crippen molar-refractivity contribution in [3.8, 4) is 5.75 Å². The van der Waals surface area contributed by atoms with Gasteiger partial charge in [0.25, 0.3) is 0 Å². The Morgan fingerprint density at radius 3 is 2.75 bits per heavy atom. The fourth-order valence-electron chi connectivity index (χ4n) is 3.31. The third-order valence-corrected chi connectivity index (χ3v) is 5.40. The van der Waals surface area contributed by atoms with E-state index in [1.165, 1.54) is 0 Å². The molecule has 1 aliphatic rings. The van der Waals surface area contributed by atoms with E-state index in [2.05, 4.69) is 24.8 Å². The average Bonchev–Trinajstić information content (AvgIpc) is 3.29. The highest BCUT2D eigenvalue weighted by Crippen LogP contribution is 2.32. The highest BCUT2D eigenvalue weighted by atomic mass is 32.1. The number of hydrogen-bond donors (Lipinski definition) is 2. The van der Waals surface area contributed by atoms with Gasteiger partial charge in [-0.25, -0.2) is 15.0 Å². The second kappa shape index (κ2) is 6.65. The molecule has 0 unspecified atom stereocenters. The minimum absolute atomic E-state index is 0.279. The SMILES string of the molecule is Cc1nc(COc2ccc([C@H]3N=C(N)Nc4nc5ccccc5n43)cc2)cs1. The lowest BCUT2D eigenvalue weighted by Crippen LogP contribution is -2.31. The average molecular weight is 390 g/mol. The van der Waals surface area contributed by atoms with Gasteiger partial charge in [-0.3, -0.25) is 9.88 Å². The van der Waals surface area contributed by atoms with E-state index in [1.807, 2.05) is 60.8 Å². The van der Waals surface area contributed by atoms with Gasteiger partial charge in [0.1, 0.15) is 12.4 Å². The Kier molecular flexibility index (Phi) is 3.98. The van der Waals surface area contributed by atoms with Crippen molar-refractivity contribution in [3.63, 3.8) is 0 Å². The molecule has 0 bridgehead atoms. The molecule has 1 aliphatic heterocycles. The van der Waals surface area contributed by atoms with Gasteiger partial charge in [0.05, 0.1) is 21.7 Å². The molecular formula is C20H18N6OS. The van der Waals surface area contributed by atoms with Crippen LogP contribution in [0.25, 0.3) is 11.0 Å².